The lowest BCUT2D eigenvalue weighted by Gasteiger charge is -2.32. The summed E-state index contributed by atoms with van der Waals surface area (Å²) in [4.78, 5) is 0. The van der Waals surface area contributed by atoms with Gasteiger partial charge in [-0.05, 0) is 43.4 Å². The summed E-state index contributed by atoms with van der Waals surface area (Å²) in [5.41, 5.74) is 7.27. The largest absolute Gasteiger partial charge is 0.385 e. The van der Waals surface area contributed by atoms with E-state index in [4.69, 9.17) is 10.5 Å². The highest BCUT2D eigenvalue weighted by atomic mass is 19.1. The quantitative estimate of drug-likeness (QED) is 0.857. The maximum atomic E-state index is 13.5. The molecule has 0 bridgehead atoms. The zero-order valence-electron chi connectivity index (χ0n) is 11.1. The van der Waals surface area contributed by atoms with Crippen LogP contribution in [0.5, 0.6) is 0 Å². The van der Waals surface area contributed by atoms with Crippen molar-refractivity contribution in [1.82, 2.24) is 0 Å². The predicted molar refractivity (Wildman–Crippen MR) is 68.3 cm³/mol. The van der Waals surface area contributed by atoms with Crippen molar-refractivity contribution in [2.24, 2.45) is 11.7 Å². The summed E-state index contributed by atoms with van der Waals surface area (Å²) < 4.78 is 18.6. The number of hydrogen-bond acceptors (Lipinski definition) is 2. The first kappa shape index (κ1) is 14.1. The Morgan fingerprint density at radius 3 is 2.65 bits per heavy atom. The fourth-order valence-electron chi connectivity index (χ4n) is 1.81. The van der Waals surface area contributed by atoms with Crippen LogP contribution >= 0.6 is 0 Å². The van der Waals surface area contributed by atoms with Crippen LogP contribution in [0.3, 0.4) is 0 Å². The molecule has 0 saturated carbocycles. The molecule has 3 heteroatoms. The molecule has 1 aromatic rings. The Kier molecular flexibility index (Phi) is 4.66. The van der Waals surface area contributed by atoms with Crippen molar-refractivity contribution in [3.05, 3.63) is 35.1 Å². The molecule has 0 aliphatic carbocycles. The molecule has 0 fully saturated rings. The van der Waals surface area contributed by atoms with Crippen molar-refractivity contribution in [3.8, 4) is 0 Å². The van der Waals surface area contributed by atoms with E-state index in [9.17, 15) is 4.39 Å². The number of hydrogen-bond donors (Lipinski definition) is 1. The highest BCUT2D eigenvalue weighted by Gasteiger charge is 2.28. The van der Waals surface area contributed by atoms with Gasteiger partial charge < -0.3 is 10.5 Å². The average Bonchev–Trinajstić information content (AvgIpc) is 2.29. The van der Waals surface area contributed by atoms with Gasteiger partial charge in [0.2, 0.25) is 0 Å². The van der Waals surface area contributed by atoms with Crippen LogP contribution in [0.1, 0.15) is 31.4 Å². The topological polar surface area (TPSA) is 35.2 Å². The van der Waals surface area contributed by atoms with Gasteiger partial charge in [0.1, 0.15) is 5.82 Å². The van der Waals surface area contributed by atoms with Gasteiger partial charge >= 0.3 is 0 Å². The number of aryl methyl sites for hydroxylation is 1. The third-order valence-corrected chi connectivity index (χ3v) is 3.57. The van der Waals surface area contributed by atoms with Crippen LogP contribution in [0, 0.1) is 18.7 Å². The van der Waals surface area contributed by atoms with Crippen LogP contribution in [0.4, 0.5) is 4.39 Å². The summed E-state index contributed by atoms with van der Waals surface area (Å²) >= 11 is 0. The number of ether oxygens (including phenoxy) is 1. The van der Waals surface area contributed by atoms with Crippen LogP contribution in [0.15, 0.2) is 18.2 Å². The Morgan fingerprint density at radius 2 is 2.12 bits per heavy atom. The van der Waals surface area contributed by atoms with E-state index < -0.39 is 5.54 Å². The molecule has 1 aromatic carbocycles. The van der Waals surface area contributed by atoms with Crippen molar-refractivity contribution in [1.29, 1.82) is 0 Å². The van der Waals surface area contributed by atoms with Crippen LogP contribution in [0.25, 0.3) is 0 Å². The summed E-state index contributed by atoms with van der Waals surface area (Å²) in [6.07, 6.45) is 0.860. The lowest BCUT2D eigenvalue weighted by molar-refractivity contribution is 0.159. The van der Waals surface area contributed by atoms with Crippen molar-refractivity contribution in [2.75, 3.05) is 13.7 Å². The van der Waals surface area contributed by atoms with E-state index in [1.165, 1.54) is 0 Å². The van der Waals surface area contributed by atoms with Gasteiger partial charge in [0.05, 0.1) is 0 Å². The molecule has 2 N–H and O–H groups in total. The highest BCUT2D eigenvalue weighted by Crippen LogP contribution is 2.29. The third kappa shape index (κ3) is 3.27. The summed E-state index contributed by atoms with van der Waals surface area (Å²) in [6, 6.07) is 5.22. The number of nitrogens with two attached hydrogens (primary N) is 1. The summed E-state index contributed by atoms with van der Waals surface area (Å²) in [5, 5.41) is 0. The molecule has 2 atom stereocenters. The highest BCUT2D eigenvalue weighted by molar-refractivity contribution is 5.29. The van der Waals surface area contributed by atoms with Crippen molar-refractivity contribution in [3.63, 3.8) is 0 Å². The van der Waals surface area contributed by atoms with Gasteiger partial charge in [-0.2, -0.15) is 0 Å². The second-order valence-corrected chi connectivity index (χ2v) is 4.93. The van der Waals surface area contributed by atoms with Crippen molar-refractivity contribution in [2.45, 2.75) is 32.7 Å². The molecule has 0 aliphatic heterocycles. The number of methoxy groups -OCH3 is 1. The second kappa shape index (κ2) is 5.61. The maximum absolute atomic E-state index is 13.5. The molecule has 0 amide bonds. The zero-order chi connectivity index (χ0) is 13.1. The maximum Gasteiger partial charge on any atom is 0.126 e. The molecule has 0 heterocycles. The van der Waals surface area contributed by atoms with Crippen LogP contribution in [0.2, 0.25) is 0 Å². The first-order valence-corrected chi connectivity index (χ1v) is 5.94. The SMILES string of the molecule is COCCC(C)C(C)(N)c1ccc(C)c(F)c1. The van der Waals surface area contributed by atoms with Gasteiger partial charge in [-0.1, -0.05) is 19.1 Å². The van der Waals surface area contributed by atoms with Crippen molar-refractivity contribution >= 4 is 0 Å². The number of halogens is 1. The Bertz CT molecular complexity index is 376. The van der Waals surface area contributed by atoms with Gasteiger partial charge in [0.15, 0.2) is 0 Å². The molecule has 0 aromatic heterocycles. The summed E-state index contributed by atoms with van der Waals surface area (Å²) in [7, 11) is 1.67. The van der Waals surface area contributed by atoms with Gasteiger partial charge in [-0.25, -0.2) is 4.39 Å². The monoisotopic (exact) mass is 239 g/mol. The number of rotatable bonds is 5. The minimum atomic E-state index is -0.535. The van der Waals surface area contributed by atoms with E-state index >= 15 is 0 Å². The molecule has 96 valence electrons. The molecule has 0 aliphatic rings. The number of benzene rings is 1. The lowest BCUT2D eigenvalue weighted by Crippen LogP contribution is -2.40. The van der Waals surface area contributed by atoms with E-state index in [0.29, 0.717) is 12.2 Å². The molecule has 0 saturated heterocycles. The Hall–Kier alpha value is -0.930. The molecule has 1 rings (SSSR count). The summed E-state index contributed by atoms with van der Waals surface area (Å²) in [6.45, 7) is 6.43. The molecule has 0 spiro atoms. The second-order valence-electron chi connectivity index (χ2n) is 4.93. The van der Waals surface area contributed by atoms with Gasteiger partial charge in [-0.3, -0.25) is 0 Å². The fraction of sp³-hybridized carbons (Fsp3) is 0.571. The summed E-state index contributed by atoms with van der Waals surface area (Å²) in [5.74, 6) is 0.0303. The van der Waals surface area contributed by atoms with Crippen LogP contribution < -0.4 is 5.73 Å². The third-order valence-electron chi connectivity index (χ3n) is 3.57. The minimum Gasteiger partial charge on any atom is -0.385 e. The Morgan fingerprint density at radius 1 is 1.47 bits per heavy atom. The smallest absolute Gasteiger partial charge is 0.126 e. The molecule has 2 unspecified atom stereocenters. The van der Waals surface area contributed by atoms with Gasteiger partial charge in [0.25, 0.3) is 0 Å². The Labute approximate surface area is 103 Å². The van der Waals surface area contributed by atoms with E-state index in [1.807, 2.05) is 13.0 Å². The van der Waals surface area contributed by atoms with E-state index in [1.54, 1.807) is 26.2 Å². The molecule has 0 radical (unpaired) electrons. The lowest BCUT2D eigenvalue weighted by atomic mass is 9.79. The average molecular weight is 239 g/mol. The predicted octanol–water partition coefficient (Wildman–Crippen LogP) is 2.98. The van der Waals surface area contributed by atoms with Crippen molar-refractivity contribution < 1.29 is 9.13 Å². The molecule has 2 nitrogen and oxygen atoms in total. The van der Waals surface area contributed by atoms with E-state index in [-0.39, 0.29) is 11.7 Å². The fourth-order valence-corrected chi connectivity index (χ4v) is 1.81. The molecular weight excluding hydrogens is 217 g/mol. The van der Waals surface area contributed by atoms with Crippen LogP contribution in [-0.2, 0) is 10.3 Å². The minimum absolute atomic E-state index is 0.196. The first-order chi connectivity index (χ1) is 7.89. The van der Waals surface area contributed by atoms with Crippen LogP contribution in [-0.4, -0.2) is 13.7 Å². The normalized spacial score (nSPS) is 16.6. The first-order valence-electron chi connectivity index (χ1n) is 5.94. The van der Waals surface area contributed by atoms with E-state index in [2.05, 4.69) is 6.92 Å². The molecular formula is C14H22FNO. The van der Waals surface area contributed by atoms with Gasteiger partial charge in [-0.15, -0.1) is 0 Å². The van der Waals surface area contributed by atoms with E-state index in [0.717, 1.165) is 12.0 Å². The zero-order valence-corrected chi connectivity index (χ0v) is 11.1. The Balaban J connectivity index is 2.91. The standard InChI is InChI=1S/C14H22FNO/c1-10-5-6-12(9-13(10)15)14(3,16)11(2)7-8-17-4/h5-6,9,11H,7-8,16H2,1-4H3. The van der Waals surface area contributed by atoms with Gasteiger partial charge in [0, 0.05) is 19.3 Å². The molecule has 17 heavy (non-hydrogen) atoms.